The number of aromatic hydroxyl groups is 1. The van der Waals surface area contributed by atoms with E-state index in [9.17, 15) is 29.0 Å². The lowest BCUT2D eigenvalue weighted by Gasteiger charge is -2.24. The molecule has 4 atom stereocenters. The molecule has 1 aliphatic heterocycles. The molecule has 7 nitrogen and oxygen atoms in total. The Morgan fingerprint density at radius 1 is 1.21 bits per heavy atom. The molecule has 8 heteroatoms. The van der Waals surface area contributed by atoms with Gasteiger partial charge in [-0.25, -0.2) is 9.18 Å². The number of aliphatic hydroxyl groups is 1. The van der Waals surface area contributed by atoms with E-state index in [1.807, 2.05) is 6.92 Å². The maximum Gasteiger partial charge on any atom is 0.342 e. The molecule has 1 heterocycles. The fraction of sp³-hybridized carbons (Fsp3) is 0.571. The van der Waals surface area contributed by atoms with Crippen molar-refractivity contribution in [1.29, 1.82) is 0 Å². The van der Waals surface area contributed by atoms with Gasteiger partial charge in [0.15, 0.2) is 6.10 Å². The molecule has 160 valence electrons. The van der Waals surface area contributed by atoms with Crippen molar-refractivity contribution in [2.75, 3.05) is 11.9 Å². The average Bonchev–Trinajstić information content (AvgIpc) is 2.65. The van der Waals surface area contributed by atoms with Gasteiger partial charge in [-0.2, -0.15) is 0 Å². The monoisotopic (exact) mass is 409 g/mol. The number of fused-ring (bicyclic) bond motifs is 1. The Bertz CT molecular complexity index is 781. The summed E-state index contributed by atoms with van der Waals surface area (Å²) in [4.78, 5) is 36.8. The van der Waals surface area contributed by atoms with Gasteiger partial charge in [-0.15, -0.1) is 0 Å². The number of carbonyl (C=O) groups excluding carboxylic acids is 3. The van der Waals surface area contributed by atoms with Crippen molar-refractivity contribution < 1.29 is 33.7 Å². The first-order valence-corrected chi connectivity index (χ1v) is 9.85. The van der Waals surface area contributed by atoms with Crippen LogP contribution in [0.15, 0.2) is 12.1 Å². The molecule has 1 aromatic carbocycles. The Hall–Kier alpha value is -2.48. The summed E-state index contributed by atoms with van der Waals surface area (Å²) in [7, 11) is 0. The zero-order valence-corrected chi connectivity index (χ0v) is 16.9. The first-order valence-electron chi connectivity index (χ1n) is 9.85. The summed E-state index contributed by atoms with van der Waals surface area (Å²) in [6.45, 7) is 5.68. The number of aliphatic hydroxyl groups excluding tert-OH is 1. The molecule has 29 heavy (non-hydrogen) atoms. The molecule has 0 bridgehead atoms. The second-order valence-electron chi connectivity index (χ2n) is 7.49. The Morgan fingerprint density at radius 2 is 1.90 bits per heavy atom. The third kappa shape index (κ3) is 5.53. The van der Waals surface area contributed by atoms with Crippen molar-refractivity contribution in [2.45, 2.75) is 64.8 Å². The second kappa shape index (κ2) is 9.82. The molecule has 0 radical (unpaired) electrons. The number of esters is 1. The quantitative estimate of drug-likeness (QED) is 0.508. The van der Waals surface area contributed by atoms with Crippen molar-refractivity contribution >= 4 is 23.2 Å². The van der Waals surface area contributed by atoms with Gasteiger partial charge in [0.2, 0.25) is 11.6 Å². The maximum absolute atomic E-state index is 14.3. The molecule has 0 aliphatic carbocycles. The first-order chi connectivity index (χ1) is 13.6. The third-order valence-corrected chi connectivity index (χ3v) is 5.21. The molecule has 0 saturated carbocycles. The molecule has 3 N–H and O–H groups in total. The standard InChI is InChI=1S/C21H28FNO6/c1-4-23-14-9-13-6-5-7-16(24)20(27)19(26)15(22)8-11(2)12(3)29-21(28)18(13)17(25)10-14/h9-12,15,19,23,25-26H,4-8H2,1-3H3/t11-,12+,15?,19?/m1/s1. The van der Waals surface area contributed by atoms with E-state index >= 15 is 0 Å². The van der Waals surface area contributed by atoms with Crippen LogP contribution >= 0.6 is 0 Å². The molecule has 1 aliphatic rings. The van der Waals surface area contributed by atoms with Crippen LogP contribution in [0.1, 0.15) is 56.0 Å². The summed E-state index contributed by atoms with van der Waals surface area (Å²) in [6, 6.07) is 3.11. The van der Waals surface area contributed by atoms with Gasteiger partial charge in [0.05, 0.1) is 0 Å². The largest absolute Gasteiger partial charge is 0.507 e. The average molecular weight is 409 g/mol. The number of ketones is 2. The van der Waals surface area contributed by atoms with Crippen LogP contribution < -0.4 is 5.32 Å². The highest BCUT2D eigenvalue weighted by molar-refractivity contribution is 6.38. The highest BCUT2D eigenvalue weighted by atomic mass is 19.1. The number of hydrogen-bond acceptors (Lipinski definition) is 7. The fourth-order valence-corrected chi connectivity index (χ4v) is 3.34. The number of alkyl halides is 1. The van der Waals surface area contributed by atoms with Crippen LogP contribution in [0.2, 0.25) is 0 Å². The van der Waals surface area contributed by atoms with Crippen LogP contribution in [-0.2, 0) is 20.7 Å². The van der Waals surface area contributed by atoms with E-state index in [4.69, 9.17) is 4.74 Å². The van der Waals surface area contributed by atoms with Gasteiger partial charge in [-0.05, 0) is 50.7 Å². The van der Waals surface area contributed by atoms with E-state index in [2.05, 4.69) is 5.32 Å². The highest BCUT2D eigenvalue weighted by Gasteiger charge is 2.34. The number of rotatable bonds is 2. The second-order valence-corrected chi connectivity index (χ2v) is 7.49. The van der Waals surface area contributed by atoms with E-state index in [-0.39, 0.29) is 37.0 Å². The van der Waals surface area contributed by atoms with Gasteiger partial charge in [-0.1, -0.05) is 6.92 Å². The number of benzene rings is 1. The predicted molar refractivity (Wildman–Crippen MR) is 105 cm³/mol. The van der Waals surface area contributed by atoms with Crippen LogP contribution in [0, 0.1) is 5.92 Å². The number of hydrogen-bond donors (Lipinski definition) is 3. The van der Waals surface area contributed by atoms with Gasteiger partial charge in [-0.3, -0.25) is 9.59 Å². The van der Waals surface area contributed by atoms with Gasteiger partial charge in [0.1, 0.15) is 23.6 Å². The normalized spacial score (nSPS) is 27.0. The van der Waals surface area contributed by atoms with E-state index in [0.29, 0.717) is 17.8 Å². The number of aryl methyl sites for hydroxylation is 1. The molecular weight excluding hydrogens is 381 g/mol. The minimum atomic E-state index is -2.02. The van der Waals surface area contributed by atoms with Gasteiger partial charge in [0.25, 0.3) is 0 Å². The molecule has 0 fully saturated rings. The van der Waals surface area contributed by atoms with Crippen LogP contribution in [0.3, 0.4) is 0 Å². The summed E-state index contributed by atoms with van der Waals surface area (Å²) in [6.07, 6.45) is -4.74. The van der Waals surface area contributed by atoms with Crippen LogP contribution in [0.25, 0.3) is 0 Å². The third-order valence-electron chi connectivity index (χ3n) is 5.21. The number of nitrogens with one attached hydrogen (secondary N) is 1. The Balaban J connectivity index is 2.41. The van der Waals surface area contributed by atoms with E-state index in [1.54, 1.807) is 19.9 Å². The van der Waals surface area contributed by atoms with Crippen LogP contribution in [0.5, 0.6) is 5.75 Å². The Morgan fingerprint density at radius 3 is 2.55 bits per heavy atom. The summed E-state index contributed by atoms with van der Waals surface area (Å²) in [5, 5.41) is 23.3. The minimum Gasteiger partial charge on any atom is -0.507 e. The number of halogens is 1. The molecule has 1 aromatic rings. The molecule has 0 aromatic heterocycles. The summed E-state index contributed by atoms with van der Waals surface area (Å²) >= 11 is 0. The van der Waals surface area contributed by atoms with Gasteiger partial charge in [0, 0.05) is 24.7 Å². The van der Waals surface area contributed by atoms with Gasteiger partial charge >= 0.3 is 5.97 Å². The number of carbonyl (C=O) groups is 3. The topological polar surface area (TPSA) is 113 Å². The van der Waals surface area contributed by atoms with Crippen LogP contribution in [-0.4, -0.2) is 52.7 Å². The van der Waals surface area contributed by atoms with E-state index in [1.165, 1.54) is 6.07 Å². The highest BCUT2D eigenvalue weighted by Crippen LogP contribution is 2.30. The Labute approximate surface area is 169 Å². The van der Waals surface area contributed by atoms with Crippen molar-refractivity contribution in [1.82, 2.24) is 0 Å². The van der Waals surface area contributed by atoms with Crippen molar-refractivity contribution in [3.63, 3.8) is 0 Å². The number of anilines is 1. The van der Waals surface area contributed by atoms with Gasteiger partial charge < -0.3 is 20.3 Å². The number of cyclic esters (lactones) is 1. The smallest absolute Gasteiger partial charge is 0.342 e. The molecule has 0 spiro atoms. The van der Waals surface area contributed by atoms with Crippen molar-refractivity contribution in [2.24, 2.45) is 5.92 Å². The van der Waals surface area contributed by atoms with E-state index < -0.39 is 41.8 Å². The van der Waals surface area contributed by atoms with E-state index in [0.717, 1.165) is 0 Å². The first kappa shape index (κ1) is 22.8. The maximum atomic E-state index is 14.3. The minimum absolute atomic E-state index is 0.00151. The zero-order chi connectivity index (χ0) is 21.7. The molecule has 2 unspecified atom stereocenters. The molecule has 2 rings (SSSR count). The number of Topliss-reactive ketones (excluding diaryl/α,β-unsaturated/α-hetero) is 2. The lowest BCUT2D eigenvalue weighted by Crippen LogP contribution is -2.38. The number of phenols is 1. The van der Waals surface area contributed by atoms with Crippen molar-refractivity contribution in [3.05, 3.63) is 23.3 Å². The van der Waals surface area contributed by atoms with Crippen LogP contribution in [0.4, 0.5) is 10.1 Å². The van der Waals surface area contributed by atoms with Crippen molar-refractivity contribution in [3.8, 4) is 5.75 Å². The lowest BCUT2D eigenvalue weighted by atomic mass is 9.92. The molecule has 0 saturated heterocycles. The predicted octanol–water partition coefficient (Wildman–Crippen LogP) is 2.57. The molecule has 0 amide bonds. The number of ether oxygens (including phenoxy) is 1. The Kier molecular flexibility index (Phi) is 7.73. The molecular formula is C21H28FNO6. The number of phenolic OH excluding ortho intramolecular Hbond substituents is 1. The lowest BCUT2D eigenvalue weighted by molar-refractivity contribution is -0.144. The summed E-state index contributed by atoms with van der Waals surface area (Å²) in [5.41, 5.74) is 1.09. The summed E-state index contributed by atoms with van der Waals surface area (Å²) < 4.78 is 19.7. The summed E-state index contributed by atoms with van der Waals surface area (Å²) in [5.74, 6) is -3.52. The fourth-order valence-electron chi connectivity index (χ4n) is 3.34. The SMILES string of the molecule is CCNc1cc(O)c2c(c1)CCCC(=O)C(=O)C(O)C(F)C[C@@H](C)[C@H](C)OC2=O. The zero-order valence-electron chi connectivity index (χ0n) is 16.9.